The van der Waals surface area contributed by atoms with E-state index in [1.807, 2.05) is 23.4 Å². The number of likely N-dealkylation sites (tertiary alicyclic amines) is 1. The first-order chi connectivity index (χ1) is 12.6. The lowest BCUT2D eigenvalue weighted by molar-refractivity contribution is 0.0784. The molecule has 2 aromatic rings. The van der Waals surface area contributed by atoms with Crippen LogP contribution in [0.2, 0.25) is 0 Å². The Morgan fingerprint density at radius 2 is 2.19 bits per heavy atom. The average Bonchev–Trinajstić information content (AvgIpc) is 3.06. The van der Waals surface area contributed by atoms with Crippen LogP contribution >= 0.6 is 0 Å². The first kappa shape index (κ1) is 17.2. The molecule has 2 aliphatic rings. The number of rotatable bonds is 6. The summed E-state index contributed by atoms with van der Waals surface area (Å²) < 4.78 is 6.99. The molecule has 2 atom stereocenters. The van der Waals surface area contributed by atoms with Crippen molar-refractivity contribution in [1.82, 2.24) is 29.9 Å². The molecule has 0 radical (unpaired) electrons. The smallest absolute Gasteiger partial charge is 0.257 e. The summed E-state index contributed by atoms with van der Waals surface area (Å²) in [4.78, 5) is 19.6. The number of hydrogen-bond donors (Lipinski definition) is 1. The number of methoxy groups -OCH3 is 1. The van der Waals surface area contributed by atoms with Crippen LogP contribution in [0.25, 0.3) is 0 Å². The molecule has 0 bridgehead atoms. The predicted molar refractivity (Wildman–Crippen MR) is 94.6 cm³/mol. The highest BCUT2D eigenvalue weighted by atomic mass is 16.5. The highest BCUT2D eigenvalue weighted by Gasteiger charge is 2.46. The third-order valence-corrected chi connectivity index (χ3v) is 5.67. The normalized spacial score (nSPS) is 23.0. The second-order valence-corrected chi connectivity index (χ2v) is 7.35. The van der Waals surface area contributed by atoms with E-state index < -0.39 is 0 Å². The molecule has 1 saturated carbocycles. The molecular formula is C18H26N6O2. The van der Waals surface area contributed by atoms with Crippen molar-refractivity contribution in [3.63, 3.8) is 0 Å². The van der Waals surface area contributed by atoms with E-state index in [0.29, 0.717) is 30.6 Å². The number of hydrogen-bond acceptors (Lipinski definition) is 5. The number of amides is 1. The van der Waals surface area contributed by atoms with Crippen molar-refractivity contribution in [2.75, 3.05) is 20.2 Å². The topological polar surface area (TPSA) is 88.9 Å². The van der Waals surface area contributed by atoms with Crippen LogP contribution in [0.3, 0.4) is 0 Å². The SMILES string of the molecule is CCn1ncc(C(=O)N2C[C@H](c3n[nH]c(COC)n3)[C@@H](C3CC3)C2)c1C. The van der Waals surface area contributed by atoms with Crippen LogP contribution in [0.15, 0.2) is 6.20 Å². The molecule has 8 nitrogen and oxygen atoms in total. The largest absolute Gasteiger partial charge is 0.377 e. The van der Waals surface area contributed by atoms with Crippen LogP contribution < -0.4 is 0 Å². The summed E-state index contributed by atoms with van der Waals surface area (Å²) in [5, 5.41) is 11.7. The Morgan fingerprint density at radius 1 is 1.38 bits per heavy atom. The van der Waals surface area contributed by atoms with Gasteiger partial charge in [-0.05, 0) is 38.5 Å². The van der Waals surface area contributed by atoms with Gasteiger partial charge in [-0.25, -0.2) is 4.98 Å². The zero-order valence-electron chi connectivity index (χ0n) is 15.6. The predicted octanol–water partition coefficient (Wildman–Crippen LogP) is 1.74. The summed E-state index contributed by atoms with van der Waals surface area (Å²) in [7, 11) is 1.64. The second-order valence-electron chi connectivity index (χ2n) is 7.35. The Labute approximate surface area is 152 Å². The molecule has 4 rings (SSSR count). The Hall–Kier alpha value is -2.22. The van der Waals surface area contributed by atoms with Crippen LogP contribution in [-0.4, -0.2) is 56.0 Å². The number of H-pyrrole nitrogens is 1. The average molecular weight is 358 g/mol. The maximum Gasteiger partial charge on any atom is 0.257 e. The molecule has 1 N–H and O–H groups in total. The molecular weight excluding hydrogens is 332 g/mol. The van der Waals surface area contributed by atoms with Crippen molar-refractivity contribution in [1.29, 1.82) is 0 Å². The number of aromatic nitrogens is 5. The molecule has 8 heteroatoms. The molecule has 2 aromatic heterocycles. The Morgan fingerprint density at radius 3 is 2.85 bits per heavy atom. The van der Waals surface area contributed by atoms with Gasteiger partial charge in [0.2, 0.25) is 0 Å². The van der Waals surface area contributed by atoms with E-state index in [-0.39, 0.29) is 11.8 Å². The van der Waals surface area contributed by atoms with Crippen molar-refractivity contribution >= 4 is 5.91 Å². The minimum atomic E-state index is 0.0722. The third-order valence-electron chi connectivity index (χ3n) is 5.67. The van der Waals surface area contributed by atoms with Gasteiger partial charge in [-0.15, -0.1) is 0 Å². The highest BCUT2D eigenvalue weighted by molar-refractivity contribution is 5.95. The lowest BCUT2D eigenvalue weighted by Gasteiger charge is -2.16. The van der Waals surface area contributed by atoms with Gasteiger partial charge in [-0.1, -0.05) is 0 Å². The number of aromatic amines is 1. The molecule has 1 aliphatic heterocycles. The molecule has 1 aliphatic carbocycles. The summed E-state index contributed by atoms with van der Waals surface area (Å²) in [5.74, 6) is 2.93. The molecule has 1 saturated heterocycles. The lowest BCUT2D eigenvalue weighted by atomic mass is 9.91. The number of aryl methyl sites for hydroxylation is 1. The molecule has 140 valence electrons. The fraction of sp³-hybridized carbons (Fsp3) is 0.667. The van der Waals surface area contributed by atoms with E-state index >= 15 is 0 Å². The minimum absolute atomic E-state index is 0.0722. The van der Waals surface area contributed by atoms with Crippen molar-refractivity contribution in [2.45, 2.75) is 45.8 Å². The Bertz CT molecular complexity index is 793. The maximum absolute atomic E-state index is 13.1. The van der Waals surface area contributed by atoms with Gasteiger partial charge in [0.25, 0.3) is 5.91 Å². The van der Waals surface area contributed by atoms with Gasteiger partial charge in [-0.3, -0.25) is 14.6 Å². The standard InChI is InChI=1S/C18H26N6O2/c1-4-24-11(2)13(7-19-24)18(25)23-8-14(12-5-6-12)15(9-23)17-20-16(10-26-3)21-22-17/h7,12,14-15H,4-6,8-10H2,1-3H3,(H,20,21,22)/t14-,15+/m1/s1. The van der Waals surface area contributed by atoms with E-state index in [4.69, 9.17) is 4.74 Å². The molecule has 0 aromatic carbocycles. The Balaban J connectivity index is 1.55. The zero-order chi connectivity index (χ0) is 18.3. The van der Waals surface area contributed by atoms with E-state index in [9.17, 15) is 4.79 Å². The molecule has 26 heavy (non-hydrogen) atoms. The van der Waals surface area contributed by atoms with Gasteiger partial charge in [-0.2, -0.15) is 10.2 Å². The lowest BCUT2D eigenvalue weighted by Crippen LogP contribution is -2.29. The van der Waals surface area contributed by atoms with Crippen LogP contribution in [-0.2, 0) is 17.9 Å². The summed E-state index contributed by atoms with van der Waals surface area (Å²) in [5.41, 5.74) is 1.64. The molecule has 3 heterocycles. The minimum Gasteiger partial charge on any atom is -0.377 e. The number of ether oxygens (including phenoxy) is 1. The summed E-state index contributed by atoms with van der Waals surface area (Å²) >= 11 is 0. The van der Waals surface area contributed by atoms with E-state index in [2.05, 4.69) is 20.3 Å². The van der Waals surface area contributed by atoms with Crippen LogP contribution in [0.1, 0.15) is 53.4 Å². The summed E-state index contributed by atoms with van der Waals surface area (Å²) in [6, 6.07) is 0. The van der Waals surface area contributed by atoms with Crippen LogP contribution in [0.5, 0.6) is 0 Å². The van der Waals surface area contributed by atoms with Crippen molar-refractivity contribution in [3.8, 4) is 0 Å². The van der Waals surface area contributed by atoms with Gasteiger partial charge in [0.05, 0.1) is 11.8 Å². The highest BCUT2D eigenvalue weighted by Crippen LogP contribution is 2.47. The first-order valence-corrected chi connectivity index (χ1v) is 9.34. The van der Waals surface area contributed by atoms with E-state index in [0.717, 1.165) is 30.4 Å². The number of carbonyl (C=O) groups is 1. The number of nitrogens with one attached hydrogen (secondary N) is 1. The van der Waals surface area contributed by atoms with Crippen LogP contribution in [0, 0.1) is 18.8 Å². The molecule has 0 unspecified atom stereocenters. The van der Waals surface area contributed by atoms with Gasteiger partial charge < -0.3 is 9.64 Å². The maximum atomic E-state index is 13.1. The third kappa shape index (κ3) is 3.02. The van der Waals surface area contributed by atoms with Gasteiger partial charge in [0.1, 0.15) is 6.61 Å². The van der Waals surface area contributed by atoms with E-state index in [1.54, 1.807) is 13.3 Å². The quantitative estimate of drug-likeness (QED) is 0.850. The fourth-order valence-electron chi connectivity index (χ4n) is 4.09. The van der Waals surface area contributed by atoms with Gasteiger partial charge in [0.15, 0.2) is 11.6 Å². The van der Waals surface area contributed by atoms with Crippen LogP contribution in [0.4, 0.5) is 0 Å². The molecule has 1 amide bonds. The summed E-state index contributed by atoms with van der Waals surface area (Å²) in [6.07, 6.45) is 4.18. The first-order valence-electron chi connectivity index (χ1n) is 9.34. The molecule has 2 fully saturated rings. The fourth-order valence-corrected chi connectivity index (χ4v) is 4.09. The molecule has 0 spiro atoms. The monoisotopic (exact) mass is 358 g/mol. The van der Waals surface area contributed by atoms with E-state index in [1.165, 1.54) is 12.8 Å². The number of nitrogens with zero attached hydrogens (tertiary/aromatic N) is 5. The summed E-state index contributed by atoms with van der Waals surface area (Å²) in [6.45, 7) is 6.63. The zero-order valence-corrected chi connectivity index (χ0v) is 15.6. The van der Waals surface area contributed by atoms with Gasteiger partial charge in [0, 0.05) is 38.4 Å². The van der Waals surface area contributed by atoms with Crippen molar-refractivity contribution in [3.05, 3.63) is 29.1 Å². The second kappa shape index (κ2) is 6.83. The Kier molecular flexibility index (Phi) is 4.52. The van der Waals surface area contributed by atoms with Gasteiger partial charge >= 0.3 is 0 Å². The van der Waals surface area contributed by atoms with Crippen molar-refractivity contribution in [2.24, 2.45) is 11.8 Å². The van der Waals surface area contributed by atoms with Crippen molar-refractivity contribution < 1.29 is 9.53 Å². The number of carbonyl (C=O) groups excluding carboxylic acids is 1.